The quantitative estimate of drug-likeness (QED) is 0.387. The number of likely N-dealkylation sites (tertiary alicyclic amines) is 1. The molecule has 0 N–H and O–H groups in total. The van der Waals surface area contributed by atoms with Gasteiger partial charge in [0.25, 0.3) is 0 Å². The fourth-order valence-corrected chi connectivity index (χ4v) is 5.91. The van der Waals surface area contributed by atoms with Gasteiger partial charge in [-0.15, -0.1) is 0 Å². The number of hydrogen-bond donors (Lipinski definition) is 0. The number of likely N-dealkylation sites (N-methyl/N-ethyl adjacent to an activating group) is 1. The third-order valence-electron chi connectivity index (χ3n) is 8.08. The lowest BCUT2D eigenvalue weighted by Gasteiger charge is -2.43. The molecule has 39 heavy (non-hydrogen) atoms. The van der Waals surface area contributed by atoms with Crippen LogP contribution in [0.1, 0.15) is 36.0 Å². The number of hydrogen-bond acceptors (Lipinski definition) is 5. The van der Waals surface area contributed by atoms with Crippen LogP contribution in [0.15, 0.2) is 60.9 Å². The summed E-state index contributed by atoms with van der Waals surface area (Å²) in [5.74, 6) is 1.05. The van der Waals surface area contributed by atoms with E-state index in [1.165, 1.54) is 11.1 Å². The third-order valence-corrected chi connectivity index (χ3v) is 8.50. The molecule has 8 heteroatoms. The van der Waals surface area contributed by atoms with Gasteiger partial charge in [-0.25, -0.2) is 0 Å². The summed E-state index contributed by atoms with van der Waals surface area (Å²) in [6.45, 7) is 9.37. The first-order valence-electron chi connectivity index (χ1n) is 14.0. The second-order valence-electron chi connectivity index (χ2n) is 11.4. The lowest BCUT2D eigenvalue weighted by atomic mass is 9.77. The summed E-state index contributed by atoms with van der Waals surface area (Å²) in [4.78, 5) is 20.3. The largest absolute Gasteiger partial charge is 0.493 e. The average Bonchev–Trinajstić information content (AvgIpc) is 3.37. The maximum Gasteiger partial charge on any atom is 0.223 e. The van der Waals surface area contributed by atoms with Crippen LogP contribution >= 0.6 is 11.6 Å². The van der Waals surface area contributed by atoms with Crippen molar-refractivity contribution in [3.63, 3.8) is 0 Å². The van der Waals surface area contributed by atoms with E-state index in [2.05, 4.69) is 52.4 Å². The van der Waals surface area contributed by atoms with E-state index < -0.39 is 0 Å². The predicted molar refractivity (Wildman–Crippen MR) is 155 cm³/mol. The molecule has 2 fully saturated rings. The monoisotopic (exact) mass is 549 g/mol. The standard InChI is InChI=1S/C31H40ClN5O2/c1-25-17-28(9-10-29(25)32)39-24-31(18-30(38)36-15-13-34(2)14-16-36)11-6-12-35(23-31)20-27-19-33-37(22-27)21-26-7-4-3-5-8-26/h3-5,7-10,17,19,22H,6,11-16,18,20-21,23-24H2,1-2H3. The molecule has 0 spiro atoms. The number of benzene rings is 2. The molecule has 7 nitrogen and oxygen atoms in total. The van der Waals surface area contributed by atoms with Crippen LogP contribution in [0, 0.1) is 12.3 Å². The number of piperidine rings is 1. The lowest BCUT2D eigenvalue weighted by Crippen LogP contribution is -2.52. The van der Waals surface area contributed by atoms with Crippen molar-refractivity contribution in [1.82, 2.24) is 24.5 Å². The molecule has 208 valence electrons. The first-order chi connectivity index (χ1) is 18.9. The molecule has 3 heterocycles. The normalized spacial score (nSPS) is 20.7. The second kappa shape index (κ2) is 12.5. The highest BCUT2D eigenvalue weighted by atomic mass is 35.5. The second-order valence-corrected chi connectivity index (χ2v) is 11.8. The van der Waals surface area contributed by atoms with Crippen LogP contribution in [0.5, 0.6) is 5.75 Å². The van der Waals surface area contributed by atoms with E-state index in [1.807, 2.05) is 47.0 Å². The highest BCUT2D eigenvalue weighted by Crippen LogP contribution is 2.36. The number of rotatable bonds is 9. The Bertz CT molecular complexity index is 1240. The minimum atomic E-state index is -0.244. The summed E-state index contributed by atoms with van der Waals surface area (Å²) >= 11 is 6.24. The Morgan fingerprint density at radius 1 is 1.03 bits per heavy atom. The number of carbonyl (C=O) groups excluding carboxylic acids is 1. The van der Waals surface area contributed by atoms with Gasteiger partial charge in [-0.2, -0.15) is 5.10 Å². The molecular formula is C31H40ClN5O2. The Kier molecular flexibility index (Phi) is 8.90. The summed E-state index contributed by atoms with van der Waals surface area (Å²) in [7, 11) is 2.12. The minimum absolute atomic E-state index is 0.244. The number of aromatic nitrogens is 2. The first kappa shape index (κ1) is 27.7. The van der Waals surface area contributed by atoms with Gasteiger partial charge >= 0.3 is 0 Å². The molecule has 0 saturated carbocycles. The smallest absolute Gasteiger partial charge is 0.223 e. The van der Waals surface area contributed by atoms with Crippen LogP contribution in [0.4, 0.5) is 0 Å². The molecule has 1 atom stereocenters. The van der Waals surface area contributed by atoms with Crippen molar-refractivity contribution in [3.05, 3.63) is 82.6 Å². The maximum absolute atomic E-state index is 13.5. The number of carbonyl (C=O) groups is 1. The molecule has 3 aromatic rings. The molecule has 1 aromatic heterocycles. The highest BCUT2D eigenvalue weighted by Gasteiger charge is 2.40. The van der Waals surface area contributed by atoms with E-state index in [0.717, 1.165) is 81.5 Å². The number of aryl methyl sites for hydroxylation is 1. The van der Waals surface area contributed by atoms with Crippen LogP contribution in [-0.4, -0.2) is 83.3 Å². The highest BCUT2D eigenvalue weighted by molar-refractivity contribution is 6.31. The lowest BCUT2D eigenvalue weighted by molar-refractivity contribution is -0.137. The first-order valence-corrected chi connectivity index (χ1v) is 14.4. The number of halogens is 1. The van der Waals surface area contributed by atoms with Crippen molar-refractivity contribution in [3.8, 4) is 5.75 Å². The summed E-state index contributed by atoms with van der Waals surface area (Å²) in [6.07, 6.45) is 6.64. The summed E-state index contributed by atoms with van der Waals surface area (Å²) in [6, 6.07) is 16.2. The van der Waals surface area contributed by atoms with Crippen LogP contribution < -0.4 is 4.74 Å². The maximum atomic E-state index is 13.5. The van der Waals surface area contributed by atoms with Gasteiger partial charge in [-0.3, -0.25) is 14.4 Å². The SMILES string of the molecule is Cc1cc(OCC2(CC(=O)N3CCN(C)CC3)CCCN(Cc3cnn(Cc4ccccc4)c3)C2)ccc1Cl. The molecule has 2 saturated heterocycles. The van der Waals surface area contributed by atoms with Crippen molar-refractivity contribution in [2.24, 2.45) is 5.41 Å². The Labute approximate surface area is 237 Å². The minimum Gasteiger partial charge on any atom is -0.493 e. The fraction of sp³-hybridized carbons (Fsp3) is 0.484. The number of amides is 1. The van der Waals surface area contributed by atoms with E-state index in [4.69, 9.17) is 16.3 Å². The van der Waals surface area contributed by atoms with Crippen LogP contribution in [0.25, 0.3) is 0 Å². The molecular weight excluding hydrogens is 510 g/mol. The molecule has 0 aliphatic carbocycles. The van der Waals surface area contributed by atoms with Gasteiger partial charge in [0.1, 0.15) is 5.75 Å². The van der Waals surface area contributed by atoms with Crippen LogP contribution in [-0.2, 0) is 17.9 Å². The Hall–Kier alpha value is -2.87. The molecule has 2 aromatic carbocycles. The van der Waals surface area contributed by atoms with E-state index in [9.17, 15) is 4.79 Å². The van der Waals surface area contributed by atoms with Crippen molar-refractivity contribution < 1.29 is 9.53 Å². The zero-order chi connectivity index (χ0) is 27.2. The van der Waals surface area contributed by atoms with Gasteiger partial charge in [0.05, 0.1) is 19.3 Å². The summed E-state index contributed by atoms with van der Waals surface area (Å²) in [5, 5.41) is 5.35. The zero-order valence-corrected chi connectivity index (χ0v) is 23.9. The van der Waals surface area contributed by atoms with Gasteiger partial charge < -0.3 is 14.5 Å². The van der Waals surface area contributed by atoms with Crippen molar-refractivity contribution in [2.45, 2.75) is 39.3 Å². The van der Waals surface area contributed by atoms with Gasteiger partial charge in [0, 0.05) is 67.9 Å². The third kappa shape index (κ3) is 7.41. The van der Waals surface area contributed by atoms with Crippen molar-refractivity contribution in [2.75, 3.05) is 52.9 Å². The Balaban J connectivity index is 1.28. The van der Waals surface area contributed by atoms with E-state index in [-0.39, 0.29) is 11.3 Å². The molecule has 5 rings (SSSR count). The molecule has 2 aliphatic heterocycles. The van der Waals surface area contributed by atoms with E-state index in [0.29, 0.717) is 13.0 Å². The topological polar surface area (TPSA) is 53.8 Å². The number of ether oxygens (including phenoxy) is 1. The van der Waals surface area contributed by atoms with Gasteiger partial charge in [-0.1, -0.05) is 41.9 Å². The molecule has 1 unspecified atom stereocenters. The van der Waals surface area contributed by atoms with Crippen molar-refractivity contribution in [1.29, 1.82) is 0 Å². The average molecular weight is 550 g/mol. The Morgan fingerprint density at radius 3 is 2.59 bits per heavy atom. The van der Waals surface area contributed by atoms with Crippen LogP contribution in [0.2, 0.25) is 5.02 Å². The molecule has 1 amide bonds. The zero-order valence-electron chi connectivity index (χ0n) is 23.2. The van der Waals surface area contributed by atoms with Crippen molar-refractivity contribution >= 4 is 17.5 Å². The van der Waals surface area contributed by atoms with Gasteiger partial charge in [0.2, 0.25) is 5.91 Å². The molecule has 2 aliphatic rings. The molecule has 0 bridgehead atoms. The number of piperazine rings is 1. The summed E-state index contributed by atoms with van der Waals surface area (Å²) in [5.41, 5.74) is 3.18. The van der Waals surface area contributed by atoms with E-state index in [1.54, 1.807) is 0 Å². The van der Waals surface area contributed by atoms with Gasteiger partial charge in [-0.05, 0) is 62.7 Å². The predicted octanol–water partition coefficient (Wildman–Crippen LogP) is 4.72. The Morgan fingerprint density at radius 2 is 1.82 bits per heavy atom. The molecule has 0 radical (unpaired) electrons. The van der Waals surface area contributed by atoms with Crippen LogP contribution in [0.3, 0.4) is 0 Å². The van der Waals surface area contributed by atoms with Gasteiger partial charge in [0.15, 0.2) is 0 Å². The van der Waals surface area contributed by atoms with E-state index >= 15 is 0 Å². The number of nitrogens with zero attached hydrogens (tertiary/aromatic N) is 5. The fourth-order valence-electron chi connectivity index (χ4n) is 5.79. The summed E-state index contributed by atoms with van der Waals surface area (Å²) < 4.78 is 8.38.